The average molecular weight is 373 g/mol. The van der Waals surface area contributed by atoms with Gasteiger partial charge in [-0.3, -0.25) is 4.31 Å². The van der Waals surface area contributed by atoms with Gasteiger partial charge < -0.3 is 9.84 Å². The van der Waals surface area contributed by atoms with Crippen LogP contribution in [0.1, 0.15) is 11.1 Å². The van der Waals surface area contributed by atoms with E-state index in [0.717, 1.165) is 22.5 Å². The standard InChI is InChI=1S/C16H14F3NO4S/c17-16(18,19)12-2-1-3-13(9-12)25(22,23)20-6-7-24-15-5-4-11(10-21)8-14(15)20/h1-5,8-9,21H,6-7,10H2. The summed E-state index contributed by atoms with van der Waals surface area (Å²) < 4.78 is 70.8. The Hall–Kier alpha value is -2.26. The first-order valence-corrected chi connectivity index (χ1v) is 8.74. The lowest BCUT2D eigenvalue weighted by Gasteiger charge is -2.31. The zero-order chi connectivity index (χ0) is 18.2. The van der Waals surface area contributed by atoms with Crippen molar-refractivity contribution >= 4 is 15.7 Å². The minimum atomic E-state index is -4.64. The van der Waals surface area contributed by atoms with Crippen LogP contribution in [0.4, 0.5) is 18.9 Å². The Labute approximate surface area is 142 Å². The predicted octanol–water partition coefficient (Wildman–Crippen LogP) is 2.79. The number of anilines is 1. The Morgan fingerprint density at radius 3 is 2.60 bits per heavy atom. The summed E-state index contributed by atoms with van der Waals surface area (Å²) in [5, 5.41) is 9.24. The average Bonchev–Trinajstić information content (AvgIpc) is 2.60. The molecule has 1 heterocycles. The van der Waals surface area contributed by atoms with Crippen molar-refractivity contribution in [3.63, 3.8) is 0 Å². The number of sulfonamides is 1. The minimum Gasteiger partial charge on any atom is -0.489 e. The van der Waals surface area contributed by atoms with Gasteiger partial charge in [0, 0.05) is 0 Å². The van der Waals surface area contributed by atoms with E-state index in [1.54, 1.807) is 6.07 Å². The molecule has 9 heteroatoms. The molecule has 0 unspecified atom stereocenters. The van der Waals surface area contributed by atoms with E-state index in [4.69, 9.17) is 4.74 Å². The highest BCUT2D eigenvalue weighted by Crippen LogP contribution is 2.37. The SMILES string of the molecule is O=S(=O)(c1cccc(C(F)(F)F)c1)N1CCOc2ccc(CO)cc21. The Balaban J connectivity index is 2.08. The first kappa shape index (κ1) is 17.6. The molecule has 2 aromatic rings. The number of halogens is 3. The number of hydrogen-bond acceptors (Lipinski definition) is 4. The summed E-state index contributed by atoms with van der Waals surface area (Å²) in [6.45, 7) is -0.269. The van der Waals surface area contributed by atoms with Crippen LogP contribution in [-0.4, -0.2) is 26.7 Å². The van der Waals surface area contributed by atoms with Crippen LogP contribution in [-0.2, 0) is 22.8 Å². The van der Waals surface area contributed by atoms with Gasteiger partial charge in [-0.25, -0.2) is 8.42 Å². The third kappa shape index (κ3) is 3.29. The number of fused-ring (bicyclic) bond motifs is 1. The van der Waals surface area contributed by atoms with Gasteiger partial charge in [0.1, 0.15) is 12.4 Å². The van der Waals surface area contributed by atoms with Crippen molar-refractivity contribution in [3.05, 3.63) is 53.6 Å². The molecule has 1 N–H and O–H groups in total. The number of ether oxygens (including phenoxy) is 1. The molecule has 5 nitrogen and oxygen atoms in total. The number of aliphatic hydroxyl groups is 1. The van der Waals surface area contributed by atoms with Gasteiger partial charge in [-0.05, 0) is 35.9 Å². The largest absolute Gasteiger partial charge is 0.489 e. The molecule has 25 heavy (non-hydrogen) atoms. The molecule has 0 aromatic heterocycles. The van der Waals surface area contributed by atoms with Crippen LogP contribution >= 0.6 is 0 Å². The fourth-order valence-electron chi connectivity index (χ4n) is 2.55. The fourth-order valence-corrected chi connectivity index (χ4v) is 4.04. The van der Waals surface area contributed by atoms with Crippen molar-refractivity contribution in [2.24, 2.45) is 0 Å². The van der Waals surface area contributed by atoms with E-state index in [-0.39, 0.29) is 25.4 Å². The molecule has 0 bridgehead atoms. The quantitative estimate of drug-likeness (QED) is 0.899. The maximum Gasteiger partial charge on any atom is 0.416 e. The molecule has 0 fully saturated rings. The number of alkyl halides is 3. The lowest BCUT2D eigenvalue weighted by molar-refractivity contribution is -0.137. The zero-order valence-electron chi connectivity index (χ0n) is 12.8. The predicted molar refractivity (Wildman–Crippen MR) is 83.8 cm³/mol. The van der Waals surface area contributed by atoms with Crippen molar-refractivity contribution in [2.45, 2.75) is 17.7 Å². The summed E-state index contributed by atoms with van der Waals surface area (Å²) >= 11 is 0. The summed E-state index contributed by atoms with van der Waals surface area (Å²) in [5.41, 5.74) is -0.380. The van der Waals surface area contributed by atoms with Crippen LogP contribution in [0.5, 0.6) is 5.75 Å². The second kappa shape index (κ2) is 6.23. The Kier molecular flexibility index (Phi) is 4.38. The van der Waals surface area contributed by atoms with Gasteiger partial charge in [-0.1, -0.05) is 12.1 Å². The lowest BCUT2D eigenvalue weighted by atomic mass is 10.2. The number of nitrogens with zero attached hydrogens (tertiary/aromatic N) is 1. The minimum absolute atomic E-state index is 0.0412. The van der Waals surface area contributed by atoms with Crippen molar-refractivity contribution in [1.29, 1.82) is 0 Å². The van der Waals surface area contributed by atoms with Gasteiger partial charge in [0.05, 0.1) is 29.3 Å². The molecule has 2 aromatic carbocycles. The number of aliphatic hydroxyl groups excluding tert-OH is 1. The van der Waals surface area contributed by atoms with E-state index in [1.807, 2.05) is 0 Å². The van der Waals surface area contributed by atoms with Crippen LogP contribution in [0, 0.1) is 0 Å². The Bertz CT molecular complexity index is 896. The molecular formula is C16H14F3NO4S. The zero-order valence-corrected chi connectivity index (χ0v) is 13.6. The van der Waals surface area contributed by atoms with E-state index in [1.165, 1.54) is 12.1 Å². The number of hydrogen-bond donors (Lipinski definition) is 1. The summed E-state index contributed by atoms with van der Waals surface area (Å²) in [7, 11) is -4.21. The molecule has 0 saturated carbocycles. The van der Waals surface area contributed by atoms with Gasteiger partial charge in [0.15, 0.2) is 0 Å². The van der Waals surface area contributed by atoms with Crippen LogP contribution in [0.2, 0.25) is 0 Å². The van der Waals surface area contributed by atoms with Gasteiger partial charge in [-0.2, -0.15) is 13.2 Å². The second-order valence-corrected chi connectivity index (χ2v) is 7.27. The maximum atomic E-state index is 12.9. The van der Waals surface area contributed by atoms with Gasteiger partial charge in [-0.15, -0.1) is 0 Å². The molecular weight excluding hydrogens is 359 g/mol. The summed E-state index contributed by atoms with van der Waals surface area (Å²) in [4.78, 5) is -0.454. The lowest BCUT2D eigenvalue weighted by Crippen LogP contribution is -2.38. The second-order valence-electron chi connectivity index (χ2n) is 5.41. The van der Waals surface area contributed by atoms with E-state index in [0.29, 0.717) is 17.4 Å². The first-order chi connectivity index (χ1) is 11.7. The Morgan fingerprint density at radius 2 is 1.92 bits per heavy atom. The third-order valence-corrected chi connectivity index (χ3v) is 5.59. The molecule has 0 spiro atoms. The van der Waals surface area contributed by atoms with Gasteiger partial charge >= 0.3 is 6.18 Å². The van der Waals surface area contributed by atoms with Crippen molar-refractivity contribution in [1.82, 2.24) is 0 Å². The topological polar surface area (TPSA) is 66.8 Å². The molecule has 1 aliphatic heterocycles. The Morgan fingerprint density at radius 1 is 1.16 bits per heavy atom. The van der Waals surface area contributed by atoms with E-state index in [2.05, 4.69) is 0 Å². The maximum absolute atomic E-state index is 12.9. The molecule has 0 radical (unpaired) electrons. The normalized spacial score (nSPS) is 14.8. The van der Waals surface area contributed by atoms with Crippen LogP contribution in [0.25, 0.3) is 0 Å². The first-order valence-electron chi connectivity index (χ1n) is 7.30. The third-order valence-electron chi connectivity index (χ3n) is 3.78. The summed E-state index contributed by atoms with van der Waals surface area (Å²) in [6.07, 6.45) is -4.64. The van der Waals surface area contributed by atoms with Gasteiger partial charge in [0.25, 0.3) is 10.0 Å². The highest BCUT2D eigenvalue weighted by Gasteiger charge is 2.34. The molecule has 134 valence electrons. The molecule has 3 rings (SSSR count). The van der Waals surface area contributed by atoms with E-state index in [9.17, 15) is 26.7 Å². The fraction of sp³-hybridized carbons (Fsp3) is 0.250. The van der Waals surface area contributed by atoms with E-state index < -0.39 is 26.7 Å². The molecule has 0 amide bonds. The van der Waals surface area contributed by atoms with Crippen LogP contribution < -0.4 is 9.04 Å². The monoisotopic (exact) mass is 373 g/mol. The van der Waals surface area contributed by atoms with Crippen LogP contribution in [0.3, 0.4) is 0 Å². The van der Waals surface area contributed by atoms with E-state index >= 15 is 0 Å². The molecule has 0 saturated heterocycles. The smallest absolute Gasteiger partial charge is 0.416 e. The summed E-state index contributed by atoms with van der Waals surface area (Å²) in [5.74, 6) is 0.291. The molecule has 0 atom stereocenters. The van der Waals surface area contributed by atoms with Crippen molar-refractivity contribution < 1.29 is 31.4 Å². The number of benzene rings is 2. The van der Waals surface area contributed by atoms with Crippen molar-refractivity contribution in [3.8, 4) is 5.75 Å². The number of rotatable bonds is 3. The highest BCUT2D eigenvalue weighted by molar-refractivity contribution is 7.92. The summed E-state index contributed by atoms with van der Waals surface area (Å²) in [6, 6.07) is 8.15. The molecule has 0 aliphatic carbocycles. The molecule has 1 aliphatic rings. The highest BCUT2D eigenvalue weighted by atomic mass is 32.2. The van der Waals surface area contributed by atoms with Gasteiger partial charge in [0.2, 0.25) is 0 Å². The van der Waals surface area contributed by atoms with Crippen molar-refractivity contribution in [2.75, 3.05) is 17.5 Å². The van der Waals surface area contributed by atoms with Crippen LogP contribution in [0.15, 0.2) is 47.4 Å².